The molecule has 0 aliphatic heterocycles. The first kappa shape index (κ1) is 20.1. The summed E-state index contributed by atoms with van der Waals surface area (Å²) < 4.78 is 7.39. The van der Waals surface area contributed by atoms with Crippen molar-refractivity contribution >= 4 is 11.6 Å². The number of aryl methyl sites for hydroxylation is 3. The molecular formula is C21H22N4O4. The molecule has 0 aliphatic carbocycles. The summed E-state index contributed by atoms with van der Waals surface area (Å²) in [7, 11) is 1.85. The largest absolute Gasteiger partial charge is 0.482 e. The highest BCUT2D eigenvalue weighted by atomic mass is 16.6. The molecule has 8 nitrogen and oxygen atoms in total. The number of benzene rings is 2. The highest BCUT2D eigenvalue weighted by molar-refractivity contribution is 5.94. The predicted molar refractivity (Wildman–Crippen MR) is 108 cm³/mol. The number of nitro groups is 1. The second-order valence-corrected chi connectivity index (χ2v) is 6.80. The number of nitrogens with one attached hydrogen (secondary N) is 1. The van der Waals surface area contributed by atoms with Crippen molar-refractivity contribution in [3.63, 3.8) is 0 Å². The number of amides is 1. The molecule has 0 radical (unpaired) electrons. The lowest BCUT2D eigenvalue weighted by Crippen LogP contribution is -2.23. The van der Waals surface area contributed by atoms with Crippen molar-refractivity contribution in [2.75, 3.05) is 0 Å². The van der Waals surface area contributed by atoms with E-state index in [4.69, 9.17) is 4.74 Å². The molecule has 2 aromatic carbocycles. The van der Waals surface area contributed by atoms with Crippen molar-refractivity contribution < 1.29 is 14.5 Å². The maximum atomic E-state index is 12.4. The lowest BCUT2D eigenvalue weighted by atomic mass is 10.1. The van der Waals surface area contributed by atoms with E-state index < -0.39 is 4.92 Å². The van der Waals surface area contributed by atoms with E-state index in [0.29, 0.717) is 12.1 Å². The molecule has 1 heterocycles. The number of ether oxygens (including phenoxy) is 1. The minimum Gasteiger partial charge on any atom is -0.482 e. The summed E-state index contributed by atoms with van der Waals surface area (Å²) in [6, 6.07) is 13.7. The van der Waals surface area contributed by atoms with E-state index in [2.05, 4.69) is 10.4 Å². The van der Waals surface area contributed by atoms with E-state index in [1.165, 1.54) is 6.07 Å². The Morgan fingerprint density at radius 2 is 2.00 bits per heavy atom. The average Bonchev–Trinajstić information content (AvgIpc) is 3.02. The van der Waals surface area contributed by atoms with Crippen LogP contribution >= 0.6 is 0 Å². The van der Waals surface area contributed by atoms with Crippen molar-refractivity contribution in [3.05, 3.63) is 86.7 Å². The Morgan fingerprint density at radius 1 is 1.21 bits per heavy atom. The molecule has 0 unspecified atom stereocenters. The minimum atomic E-state index is -0.467. The zero-order valence-electron chi connectivity index (χ0n) is 16.5. The van der Waals surface area contributed by atoms with Crippen LogP contribution in [-0.2, 0) is 20.2 Å². The third-order valence-corrected chi connectivity index (χ3v) is 4.49. The summed E-state index contributed by atoms with van der Waals surface area (Å²) in [4.78, 5) is 23.2. The molecule has 0 atom stereocenters. The average molecular weight is 394 g/mol. The summed E-state index contributed by atoms with van der Waals surface area (Å²) in [6.45, 7) is 4.17. The Balaban J connectivity index is 1.65. The molecule has 0 spiro atoms. The maximum absolute atomic E-state index is 12.4. The second-order valence-electron chi connectivity index (χ2n) is 6.80. The first-order chi connectivity index (χ1) is 13.8. The van der Waals surface area contributed by atoms with Gasteiger partial charge in [-0.25, -0.2) is 0 Å². The lowest BCUT2D eigenvalue weighted by molar-refractivity contribution is -0.386. The summed E-state index contributed by atoms with van der Waals surface area (Å²) in [5, 5.41) is 18.4. The Labute approximate surface area is 168 Å². The zero-order chi connectivity index (χ0) is 21.0. The van der Waals surface area contributed by atoms with Gasteiger partial charge in [-0.15, -0.1) is 0 Å². The molecular weight excluding hydrogens is 372 g/mol. The zero-order valence-corrected chi connectivity index (χ0v) is 16.5. The van der Waals surface area contributed by atoms with Gasteiger partial charge in [-0.1, -0.05) is 18.2 Å². The molecule has 0 bridgehead atoms. The van der Waals surface area contributed by atoms with Crippen molar-refractivity contribution in [2.45, 2.75) is 27.0 Å². The topological polar surface area (TPSA) is 99.3 Å². The summed E-state index contributed by atoms with van der Waals surface area (Å²) in [6.07, 6.45) is 0. The van der Waals surface area contributed by atoms with Gasteiger partial charge in [0.05, 0.1) is 17.2 Å². The molecule has 150 valence electrons. The SMILES string of the molecule is Cc1ccc(OCc2cccc(C(=O)NCc3cc(C)n(C)n3)c2)c([N+](=O)[O-])c1. The van der Waals surface area contributed by atoms with E-state index in [1.54, 1.807) is 48.0 Å². The van der Waals surface area contributed by atoms with Crippen molar-refractivity contribution in [3.8, 4) is 5.75 Å². The fraction of sp³-hybridized carbons (Fsp3) is 0.238. The van der Waals surface area contributed by atoms with Crippen LogP contribution in [0.5, 0.6) is 5.75 Å². The number of carbonyl (C=O) groups excluding carboxylic acids is 1. The fourth-order valence-electron chi connectivity index (χ4n) is 2.85. The Morgan fingerprint density at radius 3 is 2.69 bits per heavy atom. The number of nitrogens with zero attached hydrogens (tertiary/aromatic N) is 3. The first-order valence-corrected chi connectivity index (χ1v) is 9.08. The van der Waals surface area contributed by atoms with E-state index in [-0.39, 0.29) is 24.0 Å². The molecule has 8 heteroatoms. The van der Waals surface area contributed by atoms with Crippen LogP contribution in [0, 0.1) is 24.0 Å². The van der Waals surface area contributed by atoms with Gasteiger partial charge in [0.2, 0.25) is 0 Å². The van der Waals surface area contributed by atoms with Gasteiger partial charge in [0.1, 0.15) is 6.61 Å². The molecule has 3 rings (SSSR count). The minimum absolute atomic E-state index is 0.0791. The molecule has 3 aromatic rings. The number of rotatable bonds is 7. The van der Waals surface area contributed by atoms with Crippen LogP contribution < -0.4 is 10.1 Å². The first-order valence-electron chi connectivity index (χ1n) is 9.08. The van der Waals surface area contributed by atoms with Gasteiger partial charge in [0, 0.05) is 24.4 Å². The molecule has 0 fully saturated rings. The Kier molecular flexibility index (Phi) is 5.92. The normalized spacial score (nSPS) is 10.6. The van der Waals surface area contributed by atoms with E-state index in [0.717, 1.165) is 22.5 Å². The van der Waals surface area contributed by atoms with E-state index >= 15 is 0 Å². The number of hydrogen-bond acceptors (Lipinski definition) is 5. The monoisotopic (exact) mass is 394 g/mol. The van der Waals surface area contributed by atoms with Gasteiger partial charge >= 0.3 is 5.69 Å². The highest BCUT2D eigenvalue weighted by Gasteiger charge is 2.15. The van der Waals surface area contributed by atoms with Gasteiger partial charge in [-0.05, 0) is 49.2 Å². The maximum Gasteiger partial charge on any atom is 0.311 e. The van der Waals surface area contributed by atoms with Crippen molar-refractivity contribution in [1.29, 1.82) is 0 Å². The number of aromatic nitrogens is 2. The van der Waals surface area contributed by atoms with Gasteiger partial charge < -0.3 is 10.1 Å². The van der Waals surface area contributed by atoms with Gasteiger partial charge in [0.25, 0.3) is 5.91 Å². The summed E-state index contributed by atoms with van der Waals surface area (Å²) >= 11 is 0. The molecule has 1 amide bonds. The molecule has 0 aliphatic rings. The Hall–Kier alpha value is -3.68. The predicted octanol–water partition coefficient (Wildman–Crippen LogP) is 3.45. The molecule has 0 saturated carbocycles. The van der Waals surface area contributed by atoms with Crippen molar-refractivity contribution in [1.82, 2.24) is 15.1 Å². The standard InChI is InChI=1S/C21H22N4O4/c1-14-7-8-20(19(9-14)25(27)28)29-13-16-5-4-6-17(11-16)21(26)22-12-18-10-15(2)24(3)23-18/h4-11H,12-13H2,1-3H3,(H,22,26). The fourth-order valence-corrected chi connectivity index (χ4v) is 2.85. The quantitative estimate of drug-likeness (QED) is 0.489. The van der Waals surface area contributed by atoms with E-state index in [1.807, 2.05) is 20.0 Å². The summed E-state index contributed by atoms with van der Waals surface area (Å²) in [5.74, 6) is -0.0301. The highest BCUT2D eigenvalue weighted by Crippen LogP contribution is 2.28. The number of carbonyl (C=O) groups is 1. The second kappa shape index (κ2) is 8.55. The van der Waals surface area contributed by atoms with Crippen LogP contribution in [0.1, 0.15) is 32.9 Å². The summed E-state index contributed by atoms with van der Waals surface area (Å²) in [5.41, 5.74) is 3.72. The number of nitro benzene ring substituents is 1. The van der Waals surface area contributed by atoms with E-state index in [9.17, 15) is 14.9 Å². The smallest absolute Gasteiger partial charge is 0.311 e. The van der Waals surface area contributed by atoms with Gasteiger partial charge in [-0.3, -0.25) is 19.6 Å². The molecule has 1 N–H and O–H groups in total. The van der Waals surface area contributed by atoms with Crippen LogP contribution in [0.2, 0.25) is 0 Å². The third-order valence-electron chi connectivity index (χ3n) is 4.49. The van der Waals surface area contributed by atoms with Crippen LogP contribution in [0.3, 0.4) is 0 Å². The molecule has 0 saturated heterocycles. The lowest BCUT2D eigenvalue weighted by Gasteiger charge is -2.09. The van der Waals surface area contributed by atoms with Crippen LogP contribution in [0.4, 0.5) is 5.69 Å². The van der Waals surface area contributed by atoms with Crippen LogP contribution in [0.15, 0.2) is 48.5 Å². The third kappa shape index (κ3) is 4.98. The van der Waals surface area contributed by atoms with Gasteiger partial charge in [-0.2, -0.15) is 5.10 Å². The number of hydrogen-bond donors (Lipinski definition) is 1. The van der Waals surface area contributed by atoms with Crippen LogP contribution in [-0.4, -0.2) is 20.6 Å². The van der Waals surface area contributed by atoms with Crippen LogP contribution in [0.25, 0.3) is 0 Å². The molecule has 1 aromatic heterocycles. The molecule has 29 heavy (non-hydrogen) atoms. The van der Waals surface area contributed by atoms with Crippen molar-refractivity contribution in [2.24, 2.45) is 7.05 Å². The van der Waals surface area contributed by atoms with Gasteiger partial charge in [0.15, 0.2) is 5.75 Å². The Bertz CT molecular complexity index is 1040.